The topological polar surface area (TPSA) is 29.1 Å². The van der Waals surface area contributed by atoms with Crippen LogP contribution in [0.3, 0.4) is 0 Å². The van der Waals surface area contributed by atoms with Crippen molar-refractivity contribution in [3.05, 3.63) is 35.9 Å². The van der Waals surface area contributed by atoms with Gasteiger partial charge in [-0.1, -0.05) is 95.0 Å². The van der Waals surface area contributed by atoms with E-state index in [0.29, 0.717) is 6.42 Å². The van der Waals surface area contributed by atoms with E-state index >= 15 is 0 Å². The van der Waals surface area contributed by atoms with Crippen LogP contribution in [0.15, 0.2) is 30.3 Å². The van der Waals surface area contributed by atoms with Crippen molar-refractivity contribution in [1.29, 1.82) is 0 Å². The average Bonchev–Trinajstić information content (AvgIpc) is 2.63. The van der Waals surface area contributed by atoms with Crippen LogP contribution in [-0.4, -0.2) is 37.6 Å². The van der Waals surface area contributed by atoms with Gasteiger partial charge in [0.1, 0.15) is 6.54 Å². The molecule has 0 heterocycles. The smallest absolute Gasteiger partial charge is 0.220 e. The SMILES string of the molecule is CCCCCCCCCCCCC(=O)NCC[N+](C)(C)Cc1ccccc1. The Morgan fingerprint density at radius 2 is 1.41 bits per heavy atom. The fraction of sp³-hybridized carbons (Fsp3) is 0.708. The molecule has 1 amide bonds. The van der Waals surface area contributed by atoms with Crippen molar-refractivity contribution in [2.45, 2.75) is 84.1 Å². The summed E-state index contributed by atoms with van der Waals surface area (Å²) < 4.78 is 0.891. The monoisotopic (exact) mass is 375 g/mol. The van der Waals surface area contributed by atoms with E-state index in [1.807, 2.05) is 0 Å². The minimum Gasteiger partial charge on any atom is -0.350 e. The Labute approximate surface area is 168 Å². The number of benzene rings is 1. The third kappa shape index (κ3) is 13.5. The molecule has 1 aromatic rings. The molecular formula is C24H43N2O+. The lowest BCUT2D eigenvalue weighted by atomic mass is 10.1. The lowest BCUT2D eigenvalue weighted by Gasteiger charge is -2.30. The van der Waals surface area contributed by atoms with Crippen molar-refractivity contribution < 1.29 is 9.28 Å². The molecule has 0 aliphatic heterocycles. The molecule has 0 aliphatic carbocycles. The van der Waals surface area contributed by atoms with Gasteiger partial charge in [-0.25, -0.2) is 0 Å². The van der Waals surface area contributed by atoms with Gasteiger partial charge in [0.2, 0.25) is 5.91 Å². The zero-order valence-corrected chi connectivity index (χ0v) is 18.1. The summed E-state index contributed by atoms with van der Waals surface area (Å²) in [7, 11) is 4.45. The van der Waals surface area contributed by atoms with Crippen molar-refractivity contribution in [3.8, 4) is 0 Å². The fourth-order valence-electron chi connectivity index (χ4n) is 3.52. The summed E-state index contributed by atoms with van der Waals surface area (Å²) in [5.74, 6) is 0.217. The van der Waals surface area contributed by atoms with E-state index in [2.05, 4.69) is 56.7 Å². The predicted octanol–water partition coefficient (Wildman–Crippen LogP) is 5.69. The van der Waals surface area contributed by atoms with Gasteiger partial charge in [-0.05, 0) is 6.42 Å². The Morgan fingerprint density at radius 3 is 2.00 bits per heavy atom. The maximum absolute atomic E-state index is 12.0. The summed E-state index contributed by atoms with van der Waals surface area (Å²) >= 11 is 0. The molecule has 0 fully saturated rings. The molecule has 1 N–H and O–H groups in total. The van der Waals surface area contributed by atoms with Crippen molar-refractivity contribution in [3.63, 3.8) is 0 Å². The highest BCUT2D eigenvalue weighted by molar-refractivity contribution is 5.75. The van der Waals surface area contributed by atoms with Gasteiger partial charge in [-0.15, -0.1) is 0 Å². The molecule has 1 aromatic carbocycles. The van der Waals surface area contributed by atoms with Crippen molar-refractivity contribution in [1.82, 2.24) is 5.32 Å². The van der Waals surface area contributed by atoms with Crippen molar-refractivity contribution >= 4 is 5.91 Å². The van der Waals surface area contributed by atoms with Gasteiger partial charge < -0.3 is 9.80 Å². The number of carbonyl (C=O) groups excluding carboxylic acids is 1. The van der Waals surface area contributed by atoms with E-state index in [0.717, 1.165) is 30.5 Å². The van der Waals surface area contributed by atoms with Crippen LogP contribution in [0.2, 0.25) is 0 Å². The maximum atomic E-state index is 12.0. The number of rotatable bonds is 16. The second-order valence-corrected chi connectivity index (χ2v) is 8.58. The lowest BCUT2D eigenvalue weighted by Crippen LogP contribution is -2.44. The van der Waals surface area contributed by atoms with Crippen LogP contribution < -0.4 is 5.32 Å². The Kier molecular flexibility index (Phi) is 12.9. The number of unbranched alkanes of at least 4 members (excludes halogenated alkanes) is 9. The van der Waals surface area contributed by atoms with Crippen molar-refractivity contribution in [2.24, 2.45) is 0 Å². The summed E-state index contributed by atoms with van der Waals surface area (Å²) in [6.07, 6.45) is 13.8. The van der Waals surface area contributed by atoms with Gasteiger partial charge in [-0.2, -0.15) is 0 Å². The summed E-state index contributed by atoms with van der Waals surface area (Å²) in [5, 5.41) is 3.10. The second-order valence-electron chi connectivity index (χ2n) is 8.58. The first-order valence-electron chi connectivity index (χ1n) is 11.2. The van der Waals surface area contributed by atoms with E-state index in [-0.39, 0.29) is 5.91 Å². The third-order valence-corrected chi connectivity index (χ3v) is 5.25. The number of nitrogens with zero attached hydrogens (tertiary/aromatic N) is 1. The molecule has 3 heteroatoms. The van der Waals surface area contributed by atoms with Crippen LogP contribution in [0.1, 0.15) is 83.1 Å². The number of hydrogen-bond donors (Lipinski definition) is 1. The highest BCUT2D eigenvalue weighted by atomic mass is 16.1. The molecule has 3 nitrogen and oxygen atoms in total. The zero-order chi connectivity index (χ0) is 19.8. The minimum atomic E-state index is 0.217. The van der Waals surface area contributed by atoms with Crippen LogP contribution in [0.5, 0.6) is 0 Å². The van der Waals surface area contributed by atoms with Gasteiger partial charge in [0.15, 0.2) is 0 Å². The summed E-state index contributed by atoms with van der Waals surface area (Å²) in [5.41, 5.74) is 1.35. The molecule has 0 atom stereocenters. The molecule has 0 aliphatic rings. The molecule has 0 radical (unpaired) electrons. The Hall–Kier alpha value is -1.35. The van der Waals surface area contributed by atoms with Gasteiger partial charge in [0, 0.05) is 12.0 Å². The van der Waals surface area contributed by atoms with E-state index < -0.39 is 0 Å². The normalized spacial score (nSPS) is 11.5. The van der Waals surface area contributed by atoms with Crippen LogP contribution >= 0.6 is 0 Å². The lowest BCUT2D eigenvalue weighted by molar-refractivity contribution is -0.902. The molecule has 27 heavy (non-hydrogen) atoms. The zero-order valence-electron chi connectivity index (χ0n) is 18.1. The number of nitrogens with one attached hydrogen (secondary N) is 1. The summed E-state index contributed by atoms with van der Waals surface area (Å²) in [6, 6.07) is 10.6. The van der Waals surface area contributed by atoms with E-state index in [9.17, 15) is 4.79 Å². The first-order chi connectivity index (χ1) is 13.0. The number of carbonyl (C=O) groups is 1. The van der Waals surface area contributed by atoms with Crippen LogP contribution in [-0.2, 0) is 11.3 Å². The quantitative estimate of drug-likeness (QED) is 0.292. The average molecular weight is 376 g/mol. The Bertz CT molecular complexity index is 484. The molecule has 0 spiro atoms. The van der Waals surface area contributed by atoms with Gasteiger partial charge >= 0.3 is 0 Å². The van der Waals surface area contributed by atoms with Crippen LogP contribution in [0.25, 0.3) is 0 Å². The fourth-order valence-corrected chi connectivity index (χ4v) is 3.52. The number of amides is 1. The molecule has 1 rings (SSSR count). The first kappa shape index (κ1) is 23.7. The molecular weight excluding hydrogens is 332 g/mol. The number of quaternary nitrogens is 1. The van der Waals surface area contributed by atoms with Crippen LogP contribution in [0.4, 0.5) is 0 Å². The van der Waals surface area contributed by atoms with Crippen molar-refractivity contribution in [2.75, 3.05) is 27.2 Å². The minimum absolute atomic E-state index is 0.217. The predicted molar refractivity (Wildman–Crippen MR) is 117 cm³/mol. The summed E-state index contributed by atoms with van der Waals surface area (Å²) in [4.78, 5) is 12.0. The second kappa shape index (κ2) is 14.7. The molecule has 0 bridgehead atoms. The largest absolute Gasteiger partial charge is 0.350 e. The molecule has 0 unspecified atom stereocenters. The maximum Gasteiger partial charge on any atom is 0.220 e. The Balaban J connectivity index is 1.98. The standard InChI is InChI=1S/C24H42N2O/c1-4-5-6-7-8-9-10-11-12-16-19-24(27)25-20-21-26(2,3)22-23-17-14-13-15-18-23/h13-15,17-18H,4-12,16,19-22H2,1-3H3/p+1. The highest BCUT2D eigenvalue weighted by Gasteiger charge is 2.15. The van der Waals surface area contributed by atoms with Gasteiger partial charge in [0.25, 0.3) is 0 Å². The van der Waals surface area contributed by atoms with Gasteiger partial charge in [-0.3, -0.25) is 4.79 Å². The third-order valence-electron chi connectivity index (χ3n) is 5.25. The van der Waals surface area contributed by atoms with E-state index in [4.69, 9.17) is 0 Å². The van der Waals surface area contributed by atoms with E-state index in [1.54, 1.807) is 0 Å². The van der Waals surface area contributed by atoms with Crippen LogP contribution in [0, 0.1) is 0 Å². The number of hydrogen-bond acceptors (Lipinski definition) is 1. The first-order valence-corrected chi connectivity index (χ1v) is 11.2. The number of likely N-dealkylation sites (N-methyl/N-ethyl adjacent to an activating group) is 1. The molecule has 0 aromatic heterocycles. The molecule has 0 saturated heterocycles. The highest BCUT2D eigenvalue weighted by Crippen LogP contribution is 2.11. The molecule has 0 saturated carbocycles. The Morgan fingerprint density at radius 1 is 0.852 bits per heavy atom. The van der Waals surface area contributed by atoms with E-state index in [1.165, 1.54) is 63.4 Å². The molecule has 154 valence electrons. The van der Waals surface area contributed by atoms with Gasteiger partial charge in [0.05, 0.1) is 27.2 Å². The summed E-state index contributed by atoms with van der Waals surface area (Å²) in [6.45, 7) is 4.98.